The minimum absolute atomic E-state index is 0. The predicted octanol–water partition coefficient (Wildman–Crippen LogP) is 1.71. The number of hydrogen-bond donors (Lipinski definition) is 1. The summed E-state index contributed by atoms with van der Waals surface area (Å²) in [5, 5.41) is 10.0. The van der Waals surface area contributed by atoms with Crippen molar-refractivity contribution in [3.63, 3.8) is 0 Å². The van der Waals surface area contributed by atoms with E-state index in [-0.39, 0.29) is 31.0 Å². The molecule has 134 valence electrons. The third-order valence-corrected chi connectivity index (χ3v) is 4.78. The van der Waals surface area contributed by atoms with Crippen molar-refractivity contribution in [2.24, 2.45) is 5.92 Å². The third-order valence-electron chi connectivity index (χ3n) is 4.78. The van der Waals surface area contributed by atoms with Gasteiger partial charge in [-0.05, 0) is 37.3 Å². The molecule has 6 heteroatoms. The summed E-state index contributed by atoms with van der Waals surface area (Å²) in [6, 6.07) is 7.74. The summed E-state index contributed by atoms with van der Waals surface area (Å²) < 4.78 is 5.64. The van der Waals surface area contributed by atoms with Gasteiger partial charge in [0.2, 0.25) is 0 Å². The van der Waals surface area contributed by atoms with Gasteiger partial charge in [0.25, 0.3) is 5.91 Å². The van der Waals surface area contributed by atoms with Crippen molar-refractivity contribution in [2.75, 3.05) is 39.3 Å². The first-order chi connectivity index (χ1) is 11.1. The highest BCUT2D eigenvalue weighted by Crippen LogP contribution is 2.32. The average Bonchev–Trinajstić information content (AvgIpc) is 3.39. The molecular weight excluding hydrogens is 328 g/mol. The van der Waals surface area contributed by atoms with Gasteiger partial charge in [-0.1, -0.05) is 18.2 Å². The monoisotopic (exact) mass is 354 g/mol. The quantitative estimate of drug-likeness (QED) is 0.845. The average molecular weight is 355 g/mol. The number of benzene rings is 1. The van der Waals surface area contributed by atoms with E-state index < -0.39 is 0 Å². The molecule has 1 aliphatic carbocycles. The molecule has 1 saturated carbocycles. The molecule has 1 saturated heterocycles. The number of hydrogen-bond acceptors (Lipinski definition) is 4. The number of halogens is 1. The van der Waals surface area contributed by atoms with Gasteiger partial charge in [-0.3, -0.25) is 9.69 Å². The van der Waals surface area contributed by atoms with Crippen LogP contribution >= 0.6 is 12.4 Å². The second kappa shape index (κ2) is 8.70. The maximum absolute atomic E-state index is 12.3. The second-order valence-corrected chi connectivity index (χ2v) is 6.64. The molecule has 1 heterocycles. The zero-order chi connectivity index (χ0) is 16.2. The normalized spacial score (nSPS) is 19.5. The standard InChI is InChI=1S/C18H26N2O3.ClH/c1-14-4-2-3-5-17(14)23-13-18(22)20-10-8-19(9-11-20)12-16(21)15-6-7-15;/h2-5,15-16,21H,6-13H2,1H3;1H. The first-order valence-corrected chi connectivity index (χ1v) is 8.50. The SMILES string of the molecule is Cc1ccccc1OCC(=O)N1CCN(CC(O)C2CC2)CC1.Cl. The number of β-amino-alcohol motifs (C(OH)–C–C–N with tert-alkyl or cyclic N) is 1. The van der Waals surface area contributed by atoms with Gasteiger partial charge in [-0.15, -0.1) is 12.4 Å². The van der Waals surface area contributed by atoms with Crippen LogP contribution in [0, 0.1) is 12.8 Å². The van der Waals surface area contributed by atoms with Crippen LogP contribution in [0.1, 0.15) is 18.4 Å². The summed E-state index contributed by atoms with van der Waals surface area (Å²) in [7, 11) is 0. The van der Waals surface area contributed by atoms with Gasteiger partial charge in [0.05, 0.1) is 6.10 Å². The number of carbonyl (C=O) groups is 1. The summed E-state index contributed by atoms with van der Waals surface area (Å²) in [5.74, 6) is 1.32. The molecule has 1 unspecified atom stereocenters. The first-order valence-electron chi connectivity index (χ1n) is 8.50. The highest BCUT2D eigenvalue weighted by molar-refractivity contribution is 5.85. The van der Waals surface area contributed by atoms with Gasteiger partial charge in [-0.25, -0.2) is 0 Å². The maximum atomic E-state index is 12.3. The predicted molar refractivity (Wildman–Crippen MR) is 95.7 cm³/mol. The second-order valence-electron chi connectivity index (χ2n) is 6.64. The molecule has 1 aromatic rings. The number of piperazine rings is 1. The smallest absolute Gasteiger partial charge is 0.260 e. The molecule has 24 heavy (non-hydrogen) atoms. The fourth-order valence-electron chi connectivity index (χ4n) is 3.02. The third kappa shape index (κ3) is 5.10. The largest absolute Gasteiger partial charge is 0.484 e. The zero-order valence-corrected chi connectivity index (χ0v) is 15.0. The highest BCUT2D eigenvalue weighted by Gasteiger charge is 2.32. The van der Waals surface area contributed by atoms with E-state index in [1.165, 1.54) is 0 Å². The molecule has 2 aliphatic rings. The van der Waals surface area contributed by atoms with Crippen LogP contribution in [0.15, 0.2) is 24.3 Å². The fourth-order valence-corrected chi connectivity index (χ4v) is 3.02. The van der Waals surface area contributed by atoms with Crippen molar-refractivity contribution >= 4 is 18.3 Å². The van der Waals surface area contributed by atoms with Crippen molar-refractivity contribution in [1.82, 2.24) is 9.80 Å². The molecule has 3 rings (SSSR count). The van der Waals surface area contributed by atoms with E-state index in [2.05, 4.69) is 4.90 Å². The Morgan fingerprint density at radius 2 is 1.92 bits per heavy atom. The van der Waals surface area contributed by atoms with Gasteiger partial charge in [0.15, 0.2) is 6.61 Å². The van der Waals surface area contributed by atoms with Crippen LogP contribution in [-0.4, -0.2) is 66.2 Å². The van der Waals surface area contributed by atoms with E-state index in [4.69, 9.17) is 4.74 Å². The van der Waals surface area contributed by atoms with Crippen molar-refractivity contribution in [2.45, 2.75) is 25.9 Å². The van der Waals surface area contributed by atoms with Gasteiger partial charge >= 0.3 is 0 Å². The minimum Gasteiger partial charge on any atom is -0.484 e. The topological polar surface area (TPSA) is 53.0 Å². The van der Waals surface area contributed by atoms with E-state index in [0.717, 1.165) is 43.8 Å². The lowest BCUT2D eigenvalue weighted by molar-refractivity contribution is -0.135. The van der Waals surface area contributed by atoms with Crippen LogP contribution in [0.5, 0.6) is 5.75 Å². The number of amides is 1. The molecule has 0 radical (unpaired) electrons. The molecule has 1 aromatic carbocycles. The van der Waals surface area contributed by atoms with Gasteiger partial charge < -0.3 is 14.7 Å². The minimum atomic E-state index is -0.193. The Bertz CT molecular complexity index is 543. The van der Waals surface area contributed by atoms with Crippen molar-refractivity contribution < 1.29 is 14.6 Å². The number of rotatable bonds is 6. The maximum Gasteiger partial charge on any atom is 0.260 e. The van der Waals surface area contributed by atoms with E-state index in [1.54, 1.807) is 0 Å². The summed E-state index contributed by atoms with van der Waals surface area (Å²) in [6.07, 6.45) is 2.13. The summed E-state index contributed by atoms with van der Waals surface area (Å²) in [4.78, 5) is 16.4. The van der Waals surface area contributed by atoms with Crippen LogP contribution in [0.25, 0.3) is 0 Å². The number of nitrogens with zero attached hydrogens (tertiary/aromatic N) is 2. The van der Waals surface area contributed by atoms with E-state index in [9.17, 15) is 9.90 Å². The molecule has 2 fully saturated rings. The van der Waals surface area contributed by atoms with Crippen molar-refractivity contribution in [1.29, 1.82) is 0 Å². The lowest BCUT2D eigenvalue weighted by atomic mass is 10.2. The summed E-state index contributed by atoms with van der Waals surface area (Å²) in [6.45, 7) is 5.91. The molecule has 1 N–H and O–H groups in total. The lowest BCUT2D eigenvalue weighted by Crippen LogP contribution is -2.51. The number of aryl methyl sites for hydroxylation is 1. The highest BCUT2D eigenvalue weighted by atomic mass is 35.5. The summed E-state index contributed by atoms with van der Waals surface area (Å²) >= 11 is 0. The van der Waals surface area contributed by atoms with E-state index in [1.807, 2.05) is 36.1 Å². The number of ether oxygens (including phenoxy) is 1. The van der Waals surface area contributed by atoms with Crippen molar-refractivity contribution in [3.8, 4) is 5.75 Å². The Morgan fingerprint density at radius 1 is 1.25 bits per heavy atom. The first kappa shape index (κ1) is 19.0. The Hall–Kier alpha value is -1.30. The van der Waals surface area contributed by atoms with Gasteiger partial charge in [0, 0.05) is 32.7 Å². The zero-order valence-electron chi connectivity index (χ0n) is 14.2. The molecule has 0 bridgehead atoms. The Kier molecular flexibility index (Phi) is 6.90. The van der Waals surface area contributed by atoms with Gasteiger partial charge in [-0.2, -0.15) is 0 Å². The van der Waals surface area contributed by atoms with Crippen LogP contribution in [0.4, 0.5) is 0 Å². The van der Waals surface area contributed by atoms with E-state index in [0.29, 0.717) is 19.0 Å². The van der Waals surface area contributed by atoms with Crippen LogP contribution in [0.2, 0.25) is 0 Å². The molecule has 0 spiro atoms. The molecular formula is C18H27ClN2O3. The van der Waals surface area contributed by atoms with Crippen LogP contribution in [-0.2, 0) is 4.79 Å². The Morgan fingerprint density at radius 3 is 2.54 bits per heavy atom. The Labute approximate surface area is 150 Å². The summed E-state index contributed by atoms with van der Waals surface area (Å²) in [5.41, 5.74) is 1.04. The number of carbonyl (C=O) groups excluding carboxylic acids is 1. The van der Waals surface area contributed by atoms with E-state index >= 15 is 0 Å². The molecule has 5 nitrogen and oxygen atoms in total. The molecule has 1 amide bonds. The number of para-hydroxylation sites is 1. The number of aliphatic hydroxyl groups excluding tert-OH is 1. The van der Waals surface area contributed by atoms with Crippen LogP contribution in [0.3, 0.4) is 0 Å². The number of aliphatic hydroxyl groups is 1. The van der Waals surface area contributed by atoms with Gasteiger partial charge in [0.1, 0.15) is 5.75 Å². The van der Waals surface area contributed by atoms with Crippen LogP contribution < -0.4 is 4.74 Å². The molecule has 1 aliphatic heterocycles. The lowest BCUT2D eigenvalue weighted by Gasteiger charge is -2.35. The van der Waals surface area contributed by atoms with Crippen molar-refractivity contribution in [3.05, 3.63) is 29.8 Å². The molecule has 0 aromatic heterocycles. The molecule has 1 atom stereocenters. The fraction of sp³-hybridized carbons (Fsp3) is 0.611. The Balaban J connectivity index is 0.00000208.